The second-order valence-corrected chi connectivity index (χ2v) is 10.9. The number of hydrogen-bond acceptors (Lipinski definition) is 6. The number of rotatable bonds is 4. The van der Waals surface area contributed by atoms with Crippen molar-refractivity contribution >= 4 is 34.8 Å². The Morgan fingerprint density at radius 3 is 2.49 bits per heavy atom. The molecule has 1 saturated heterocycles. The zero-order chi connectivity index (χ0) is 28.7. The molecule has 0 bridgehead atoms. The van der Waals surface area contributed by atoms with E-state index in [1.807, 2.05) is 24.3 Å². The van der Waals surface area contributed by atoms with Gasteiger partial charge in [-0.3, -0.25) is 10.4 Å². The number of piperazine rings is 1. The third-order valence-electron chi connectivity index (χ3n) is 7.23. The molecule has 3 aromatic carbocycles. The second-order valence-electron chi connectivity index (χ2n) is 10.4. The first kappa shape index (κ1) is 27.0. The molecular formula is C31H28ClF2N7. The Balaban J connectivity index is 1.33. The first-order valence-electron chi connectivity index (χ1n) is 13.4. The normalized spacial score (nSPS) is 18.2. The maximum absolute atomic E-state index is 14.8. The summed E-state index contributed by atoms with van der Waals surface area (Å²) in [6, 6.07) is 17.1. The quantitative estimate of drug-likeness (QED) is 0.201. The summed E-state index contributed by atoms with van der Waals surface area (Å²) in [7, 11) is 0. The van der Waals surface area contributed by atoms with Gasteiger partial charge in [-0.15, -0.1) is 0 Å². The summed E-state index contributed by atoms with van der Waals surface area (Å²) in [5.74, 6) is -0.598. The van der Waals surface area contributed by atoms with Crippen LogP contribution < -0.4 is 10.6 Å². The molecule has 3 N–H and O–H groups in total. The van der Waals surface area contributed by atoms with Crippen molar-refractivity contribution in [3.8, 4) is 11.3 Å². The molecule has 3 heterocycles. The fraction of sp³-hybridized carbons (Fsp3) is 0.226. The lowest BCUT2D eigenvalue weighted by Gasteiger charge is -2.37. The minimum atomic E-state index is -0.704. The van der Waals surface area contributed by atoms with E-state index < -0.39 is 11.6 Å². The Morgan fingerprint density at radius 1 is 1.00 bits per heavy atom. The van der Waals surface area contributed by atoms with E-state index >= 15 is 0 Å². The molecule has 1 aromatic heterocycles. The van der Waals surface area contributed by atoms with Crippen LogP contribution in [0, 0.1) is 17.0 Å². The molecule has 41 heavy (non-hydrogen) atoms. The SMILES string of the molecule is CC1CN(C(=N)c2cccc(Nc3ncc4c(n3)-c3ccc(Cl)cc3C(c3c(F)cccc3F)=NC4)c2)CC(C)N1. The Labute approximate surface area is 241 Å². The molecule has 0 amide bonds. The molecule has 0 aliphatic carbocycles. The molecule has 2 aliphatic heterocycles. The number of hydrogen-bond donors (Lipinski definition) is 3. The van der Waals surface area contributed by atoms with Crippen LogP contribution >= 0.6 is 11.6 Å². The van der Waals surface area contributed by atoms with Crippen molar-refractivity contribution in [2.24, 2.45) is 4.99 Å². The molecular weight excluding hydrogens is 544 g/mol. The van der Waals surface area contributed by atoms with Crippen molar-refractivity contribution in [1.29, 1.82) is 5.41 Å². The van der Waals surface area contributed by atoms with E-state index in [1.54, 1.807) is 24.4 Å². The lowest BCUT2D eigenvalue weighted by molar-refractivity contribution is 0.254. The average molecular weight is 572 g/mol. The number of amidine groups is 1. The standard InChI is InChI=1S/C31H28ClF2N7/c1-17-15-41(16-18(2)38-17)30(35)19-5-3-6-22(11-19)39-31-37-14-20-13-36-29(27-25(33)7-4-8-26(27)34)24-12-21(32)9-10-23(24)28(20)40-31/h3-12,14,17-18,35,38H,13,15-16H2,1-2H3,(H,37,39,40). The maximum atomic E-state index is 14.8. The number of anilines is 2. The summed E-state index contributed by atoms with van der Waals surface area (Å²) < 4.78 is 29.7. The highest BCUT2D eigenvalue weighted by Gasteiger charge is 2.26. The zero-order valence-electron chi connectivity index (χ0n) is 22.5. The van der Waals surface area contributed by atoms with E-state index in [9.17, 15) is 8.78 Å². The third kappa shape index (κ3) is 5.42. The number of nitrogens with one attached hydrogen (secondary N) is 3. The van der Waals surface area contributed by atoms with Gasteiger partial charge in [0.05, 0.1) is 23.5 Å². The van der Waals surface area contributed by atoms with E-state index in [2.05, 4.69) is 39.4 Å². The Morgan fingerprint density at radius 2 is 1.73 bits per heavy atom. The topological polar surface area (TPSA) is 89.3 Å². The Kier molecular flexibility index (Phi) is 7.23. The molecule has 10 heteroatoms. The fourth-order valence-corrected chi connectivity index (χ4v) is 5.66. The smallest absolute Gasteiger partial charge is 0.227 e. The number of nitrogens with zero attached hydrogens (tertiary/aromatic N) is 4. The zero-order valence-corrected chi connectivity index (χ0v) is 23.3. The predicted octanol–water partition coefficient (Wildman–Crippen LogP) is 6.18. The van der Waals surface area contributed by atoms with Crippen molar-refractivity contribution < 1.29 is 8.78 Å². The largest absolute Gasteiger partial charge is 0.353 e. The van der Waals surface area contributed by atoms with Crippen LogP contribution in [0.25, 0.3) is 11.3 Å². The van der Waals surface area contributed by atoms with Crippen LogP contribution in [0.3, 0.4) is 0 Å². The second kappa shape index (κ2) is 11.0. The van der Waals surface area contributed by atoms with Gasteiger partial charge in [-0.1, -0.05) is 35.9 Å². The van der Waals surface area contributed by atoms with Gasteiger partial charge < -0.3 is 15.5 Å². The van der Waals surface area contributed by atoms with E-state index in [4.69, 9.17) is 22.0 Å². The first-order valence-corrected chi connectivity index (χ1v) is 13.8. The lowest BCUT2D eigenvalue weighted by Crippen LogP contribution is -2.55. The van der Waals surface area contributed by atoms with Gasteiger partial charge in [0.15, 0.2) is 0 Å². The van der Waals surface area contributed by atoms with Gasteiger partial charge in [0.25, 0.3) is 0 Å². The van der Waals surface area contributed by atoms with Crippen molar-refractivity contribution in [3.63, 3.8) is 0 Å². The van der Waals surface area contributed by atoms with E-state index in [1.165, 1.54) is 18.2 Å². The van der Waals surface area contributed by atoms with E-state index in [-0.39, 0.29) is 17.8 Å². The van der Waals surface area contributed by atoms with E-state index in [0.29, 0.717) is 51.3 Å². The monoisotopic (exact) mass is 571 g/mol. The molecule has 2 aliphatic rings. The number of aromatic nitrogens is 2. The molecule has 0 radical (unpaired) electrons. The van der Waals surface area contributed by atoms with Gasteiger partial charge in [0.1, 0.15) is 17.5 Å². The van der Waals surface area contributed by atoms with Gasteiger partial charge >= 0.3 is 0 Å². The average Bonchev–Trinajstić information content (AvgIpc) is 3.09. The maximum Gasteiger partial charge on any atom is 0.227 e. The summed E-state index contributed by atoms with van der Waals surface area (Å²) in [5.41, 5.74) is 3.93. The van der Waals surface area contributed by atoms with Gasteiger partial charge in [-0.2, -0.15) is 0 Å². The van der Waals surface area contributed by atoms with Crippen molar-refractivity contribution in [1.82, 2.24) is 20.2 Å². The number of aliphatic imine (C=N–C) groups is 1. The van der Waals surface area contributed by atoms with Crippen LogP contribution in [0.5, 0.6) is 0 Å². The summed E-state index contributed by atoms with van der Waals surface area (Å²) >= 11 is 6.33. The molecule has 4 aromatic rings. The minimum Gasteiger partial charge on any atom is -0.353 e. The molecule has 0 saturated carbocycles. The van der Waals surface area contributed by atoms with Crippen molar-refractivity contribution in [2.75, 3.05) is 18.4 Å². The minimum absolute atomic E-state index is 0.138. The van der Waals surface area contributed by atoms with Gasteiger partial charge in [-0.05, 0) is 50.2 Å². The van der Waals surface area contributed by atoms with Crippen molar-refractivity contribution in [2.45, 2.75) is 32.5 Å². The van der Waals surface area contributed by atoms with Crippen LogP contribution in [0.4, 0.5) is 20.4 Å². The van der Waals surface area contributed by atoms with Crippen LogP contribution in [-0.2, 0) is 6.54 Å². The Hall–Kier alpha value is -4.21. The Bertz CT molecular complexity index is 1660. The summed E-state index contributed by atoms with van der Waals surface area (Å²) in [6.07, 6.45) is 1.67. The van der Waals surface area contributed by atoms with Crippen LogP contribution in [0.2, 0.25) is 5.02 Å². The third-order valence-corrected chi connectivity index (χ3v) is 7.46. The molecule has 0 spiro atoms. The predicted molar refractivity (Wildman–Crippen MR) is 158 cm³/mol. The first-order chi connectivity index (χ1) is 19.8. The van der Waals surface area contributed by atoms with E-state index in [0.717, 1.165) is 24.3 Å². The van der Waals surface area contributed by atoms with Crippen LogP contribution in [0.1, 0.15) is 36.1 Å². The van der Waals surface area contributed by atoms with Gasteiger partial charge in [-0.25, -0.2) is 18.7 Å². The summed E-state index contributed by atoms with van der Waals surface area (Å²) in [4.78, 5) is 16.0. The highest BCUT2D eigenvalue weighted by Crippen LogP contribution is 2.35. The number of fused-ring (bicyclic) bond motifs is 3. The lowest BCUT2D eigenvalue weighted by atomic mass is 9.95. The summed E-state index contributed by atoms with van der Waals surface area (Å²) in [6.45, 7) is 5.91. The van der Waals surface area contributed by atoms with Crippen molar-refractivity contribution in [3.05, 3.63) is 106 Å². The van der Waals surface area contributed by atoms with Crippen LogP contribution in [0.15, 0.2) is 71.9 Å². The van der Waals surface area contributed by atoms with Gasteiger partial charge in [0.2, 0.25) is 5.95 Å². The molecule has 1 fully saturated rings. The number of halogens is 3. The summed E-state index contributed by atoms with van der Waals surface area (Å²) in [5, 5.41) is 16.0. The highest BCUT2D eigenvalue weighted by molar-refractivity contribution is 6.31. The molecule has 2 unspecified atom stereocenters. The molecule has 6 rings (SSSR count). The fourth-order valence-electron chi connectivity index (χ4n) is 5.49. The highest BCUT2D eigenvalue weighted by atomic mass is 35.5. The molecule has 208 valence electrons. The molecule has 7 nitrogen and oxygen atoms in total. The van der Waals surface area contributed by atoms with Gasteiger partial charge in [0, 0.05) is 64.3 Å². The van der Waals surface area contributed by atoms with Crippen LogP contribution in [-0.4, -0.2) is 51.6 Å². The molecule has 2 atom stereocenters. The number of benzene rings is 3.